The maximum Gasteiger partial charge on any atom is 0.264 e. The van der Waals surface area contributed by atoms with Gasteiger partial charge in [0, 0.05) is 25.6 Å². The molecule has 1 saturated heterocycles. The van der Waals surface area contributed by atoms with E-state index in [-0.39, 0.29) is 23.7 Å². The predicted molar refractivity (Wildman–Crippen MR) is 112 cm³/mol. The molecule has 0 aliphatic carbocycles. The summed E-state index contributed by atoms with van der Waals surface area (Å²) in [6, 6.07) is 6.16. The van der Waals surface area contributed by atoms with Crippen molar-refractivity contribution in [2.24, 2.45) is 0 Å². The van der Waals surface area contributed by atoms with Gasteiger partial charge in [0.2, 0.25) is 5.91 Å². The van der Waals surface area contributed by atoms with E-state index < -0.39 is 0 Å². The topological polar surface area (TPSA) is 73.0 Å². The van der Waals surface area contributed by atoms with Crippen LogP contribution in [-0.2, 0) is 11.3 Å². The predicted octanol–water partition coefficient (Wildman–Crippen LogP) is 3.21. The molecule has 0 saturated carbocycles. The lowest BCUT2D eigenvalue weighted by Gasteiger charge is -2.35. The molecule has 0 radical (unpaired) electrons. The Balaban J connectivity index is 1.59. The van der Waals surface area contributed by atoms with Crippen LogP contribution in [-0.4, -0.2) is 42.7 Å². The Morgan fingerprint density at radius 1 is 1.23 bits per heavy atom. The molecule has 30 heavy (non-hydrogen) atoms. The summed E-state index contributed by atoms with van der Waals surface area (Å²) in [5.74, 6) is 0.273. The minimum Gasteiger partial charge on any atom is -0.340 e. The molecule has 0 N–H and O–H groups in total. The average molecular weight is 411 g/mol. The van der Waals surface area contributed by atoms with Crippen molar-refractivity contribution in [3.05, 3.63) is 52.5 Å². The standard InChI is InChI=1S/C22H26FN5O2/c1-3-17-6-4-5-12-27(17)20(29)11-13-26-15(2)25-21-19(22(26)30)14-24-28(21)18-9-7-16(23)8-10-18/h7-10,14,17H,3-6,11-13H2,1-2H3. The van der Waals surface area contributed by atoms with Crippen LogP contribution >= 0.6 is 0 Å². The van der Waals surface area contributed by atoms with Crippen LogP contribution in [0.4, 0.5) is 4.39 Å². The van der Waals surface area contributed by atoms with E-state index in [1.807, 2.05) is 4.90 Å². The maximum absolute atomic E-state index is 13.2. The molecule has 0 spiro atoms. The van der Waals surface area contributed by atoms with Crippen molar-refractivity contribution in [1.82, 2.24) is 24.2 Å². The van der Waals surface area contributed by atoms with Crippen molar-refractivity contribution in [2.45, 2.75) is 58.5 Å². The van der Waals surface area contributed by atoms with Gasteiger partial charge in [0.1, 0.15) is 17.0 Å². The zero-order valence-electron chi connectivity index (χ0n) is 17.3. The van der Waals surface area contributed by atoms with Crippen molar-refractivity contribution >= 4 is 16.9 Å². The monoisotopic (exact) mass is 411 g/mol. The number of benzene rings is 1. The fourth-order valence-electron chi connectivity index (χ4n) is 4.25. The number of amides is 1. The number of carbonyl (C=O) groups is 1. The van der Waals surface area contributed by atoms with Crippen LogP contribution in [0.2, 0.25) is 0 Å². The molecule has 2 aromatic heterocycles. The Bertz CT molecular complexity index is 1120. The van der Waals surface area contributed by atoms with Gasteiger partial charge in [-0.3, -0.25) is 14.2 Å². The van der Waals surface area contributed by atoms with E-state index in [1.165, 1.54) is 29.4 Å². The molecular formula is C22H26FN5O2. The number of nitrogens with zero attached hydrogens (tertiary/aromatic N) is 5. The summed E-state index contributed by atoms with van der Waals surface area (Å²) in [6.45, 7) is 4.96. The minimum absolute atomic E-state index is 0.0926. The molecule has 8 heteroatoms. The summed E-state index contributed by atoms with van der Waals surface area (Å²) >= 11 is 0. The molecule has 1 atom stereocenters. The number of hydrogen-bond acceptors (Lipinski definition) is 4. The largest absolute Gasteiger partial charge is 0.340 e. The van der Waals surface area contributed by atoms with Crippen molar-refractivity contribution in [1.29, 1.82) is 0 Å². The average Bonchev–Trinajstić information content (AvgIpc) is 3.17. The summed E-state index contributed by atoms with van der Waals surface area (Å²) in [5, 5.41) is 4.65. The van der Waals surface area contributed by atoms with Gasteiger partial charge in [-0.2, -0.15) is 5.10 Å². The van der Waals surface area contributed by atoms with Crippen LogP contribution in [0.5, 0.6) is 0 Å². The Kier molecular flexibility index (Phi) is 5.65. The number of hydrogen-bond donors (Lipinski definition) is 0. The van der Waals surface area contributed by atoms with E-state index in [0.717, 1.165) is 25.8 Å². The van der Waals surface area contributed by atoms with Gasteiger partial charge in [-0.05, 0) is 56.9 Å². The van der Waals surface area contributed by atoms with E-state index in [0.29, 0.717) is 35.1 Å². The highest BCUT2D eigenvalue weighted by atomic mass is 19.1. The number of fused-ring (bicyclic) bond motifs is 1. The minimum atomic E-state index is -0.342. The molecular weight excluding hydrogens is 385 g/mol. The Morgan fingerprint density at radius 3 is 2.73 bits per heavy atom. The molecule has 1 aromatic carbocycles. The first-order chi connectivity index (χ1) is 14.5. The number of halogens is 1. The number of carbonyl (C=O) groups excluding carboxylic acids is 1. The van der Waals surface area contributed by atoms with Crippen molar-refractivity contribution < 1.29 is 9.18 Å². The van der Waals surface area contributed by atoms with Gasteiger partial charge >= 0.3 is 0 Å². The Morgan fingerprint density at radius 2 is 2.00 bits per heavy atom. The quantitative estimate of drug-likeness (QED) is 0.646. The van der Waals surface area contributed by atoms with Crippen LogP contribution in [0.3, 0.4) is 0 Å². The van der Waals surface area contributed by atoms with Crippen LogP contribution in [0.25, 0.3) is 16.7 Å². The summed E-state index contributed by atoms with van der Waals surface area (Å²) < 4.78 is 16.3. The number of piperidine rings is 1. The lowest BCUT2D eigenvalue weighted by atomic mass is 9.99. The van der Waals surface area contributed by atoms with Crippen LogP contribution in [0.1, 0.15) is 44.9 Å². The normalized spacial score (nSPS) is 16.9. The first-order valence-electron chi connectivity index (χ1n) is 10.5. The molecule has 0 bridgehead atoms. The lowest BCUT2D eigenvalue weighted by Crippen LogP contribution is -2.44. The number of rotatable bonds is 5. The van der Waals surface area contributed by atoms with E-state index >= 15 is 0 Å². The third-order valence-corrected chi connectivity index (χ3v) is 5.92. The number of aromatic nitrogens is 4. The third kappa shape index (κ3) is 3.74. The first-order valence-corrected chi connectivity index (χ1v) is 10.5. The highest BCUT2D eigenvalue weighted by Gasteiger charge is 2.25. The van der Waals surface area contributed by atoms with Gasteiger partial charge in [-0.25, -0.2) is 14.1 Å². The molecule has 158 valence electrons. The molecule has 1 aliphatic heterocycles. The molecule has 1 unspecified atom stereocenters. The second-order valence-corrected chi connectivity index (χ2v) is 7.78. The highest BCUT2D eigenvalue weighted by Crippen LogP contribution is 2.20. The molecule has 1 amide bonds. The van der Waals surface area contributed by atoms with Gasteiger partial charge in [0.25, 0.3) is 5.56 Å². The Labute approximate surface area is 174 Å². The lowest BCUT2D eigenvalue weighted by molar-refractivity contribution is -0.135. The molecule has 1 fully saturated rings. The summed E-state index contributed by atoms with van der Waals surface area (Å²) in [6.07, 6.45) is 5.97. The van der Waals surface area contributed by atoms with E-state index in [9.17, 15) is 14.0 Å². The van der Waals surface area contributed by atoms with Gasteiger partial charge in [0.15, 0.2) is 5.65 Å². The number of likely N-dealkylation sites (tertiary alicyclic amines) is 1. The van der Waals surface area contributed by atoms with Gasteiger partial charge in [0.05, 0.1) is 11.9 Å². The zero-order chi connectivity index (χ0) is 21.3. The van der Waals surface area contributed by atoms with Crippen LogP contribution in [0, 0.1) is 12.7 Å². The molecule has 3 heterocycles. The van der Waals surface area contributed by atoms with E-state index in [1.54, 1.807) is 23.6 Å². The molecule has 1 aliphatic rings. The smallest absolute Gasteiger partial charge is 0.264 e. The van der Waals surface area contributed by atoms with Crippen molar-refractivity contribution in [3.63, 3.8) is 0 Å². The van der Waals surface area contributed by atoms with Crippen molar-refractivity contribution in [3.8, 4) is 5.69 Å². The Hall–Kier alpha value is -3.03. The molecule has 7 nitrogen and oxygen atoms in total. The second-order valence-electron chi connectivity index (χ2n) is 7.78. The van der Waals surface area contributed by atoms with E-state index in [2.05, 4.69) is 17.0 Å². The summed E-state index contributed by atoms with van der Waals surface area (Å²) in [5.41, 5.74) is 0.833. The van der Waals surface area contributed by atoms with Crippen LogP contribution in [0.15, 0.2) is 35.3 Å². The van der Waals surface area contributed by atoms with Gasteiger partial charge < -0.3 is 4.90 Å². The van der Waals surface area contributed by atoms with Crippen LogP contribution < -0.4 is 5.56 Å². The first kappa shape index (κ1) is 20.3. The summed E-state index contributed by atoms with van der Waals surface area (Å²) in [4.78, 5) is 32.4. The second kappa shape index (κ2) is 8.38. The highest BCUT2D eigenvalue weighted by molar-refractivity contribution is 5.77. The SMILES string of the molecule is CCC1CCCCN1C(=O)CCn1c(C)nc2c(cnn2-c2ccc(F)cc2)c1=O. The number of aryl methyl sites for hydroxylation is 1. The fraction of sp³-hybridized carbons (Fsp3) is 0.455. The van der Waals surface area contributed by atoms with E-state index in [4.69, 9.17) is 0 Å². The summed E-state index contributed by atoms with van der Waals surface area (Å²) in [7, 11) is 0. The third-order valence-electron chi connectivity index (χ3n) is 5.92. The molecule has 4 rings (SSSR count). The molecule has 3 aromatic rings. The van der Waals surface area contributed by atoms with Gasteiger partial charge in [-0.1, -0.05) is 6.92 Å². The maximum atomic E-state index is 13.2. The van der Waals surface area contributed by atoms with Gasteiger partial charge in [-0.15, -0.1) is 0 Å². The zero-order valence-corrected chi connectivity index (χ0v) is 17.3. The fourth-order valence-corrected chi connectivity index (χ4v) is 4.25. The van der Waals surface area contributed by atoms with Crippen molar-refractivity contribution in [2.75, 3.05) is 6.54 Å².